The van der Waals surface area contributed by atoms with E-state index in [4.69, 9.17) is 0 Å². The standard InChI is InChI=1S/C11H18N2O3/c1-3-4-11(16)6-13(7-11)8-5-9(14)12(2)10(8)15/h8,16H,3-7H2,1-2H3. The Balaban J connectivity index is 1.93. The van der Waals surface area contributed by atoms with Crippen LogP contribution < -0.4 is 0 Å². The maximum atomic E-state index is 11.7. The lowest BCUT2D eigenvalue weighted by atomic mass is 9.87. The number of carbonyl (C=O) groups is 2. The molecular weight excluding hydrogens is 208 g/mol. The Morgan fingerprint density at radius 1 is 1.44 bits per heavy atom. The Bertz CT molecular complexity index is 323. The largest absolute Gasteiger partial charge is 0.387 e. The van der Waals surface area contributed by atoms with Crippen molar-refractivity contribution in [2.24, 2.45) is 0 Å². The molecule has 2 heterocycles. The monoisotopic (exact) mass is 226 g/mol. The number of amides is 2. The van der Waals surface area contributed by atoms with Gasteiger partial charge < -0.3 is 5.11 Å². The summed E-state index contributed by atoms with van der Waals surface area (Å²) < 4.78 is 0. The zero-order chi connectivity index (χ0) is 11.9. The van der Waals surface area contributed by atoms with Gasteiger partial charge in [-0.05, 0) is 6.42 Å². The summed E-state index contributed by atoms with van der Waals surface area (Å²) in [7, 11) is 1.52. The van der Waals surface area contributed by atoms with E-state index in [1.807, 2.05) is 11.8 Å². The van der Waals surface area contributed by atoms with Crippen LogP contribution in [-0.4, -0.2) is 58.5 Å². The number of rotatable bonds is 3. The number of carbonyl (C=O) groups excluding carboxylic acids is 2. The van der Waals surface area contributed by atoms with Crippen LogP contribution in [0.3, 0.4) is 0 Å². The van der Waals surface area contributed by atoms with Gasteiger partial charge >= 0.3 is 0 Å². The van der Waals surface area contributed by atoms with Crippen LogP contribution >= 0.6 is 0 Å². The maximum Gasteiger partial charge on any atom is 0.246 e. The average Bonchev–Trinajstić information content (AvgIpc) is 2.43. The molecule has 0 aromatic carbocycles. The van der Waals surface area contributed by atoms with Gasteiger partial charge in [-0.15, -0.1) is 0 Å². The van der Waals surface area contributed by atoms with Crippen LogP contribution in [0, 0.1) is 0 Å². The summed E-state index contributed by atoms with van der Waals surface area (Å²) in [6.45, 7) is 3.05. The molecule has 0 radical (unpaired) electrons. The molecule has 2 fully saturated rings. The van der Waals surface area contributed by atoms with E-state index in [1.165, 1.54) is 11.9 Å². The third-order valence-electron chi connectivity index (χ3n) is 3.51. The van der Waals surface area contributed by atoms with Crippen molar-refractivity contribution in [1.29, 1.82) is 0 Å². The van der Waals surface area contributed by atoms with E-state index in [0.717, 1.165) is 12.8 Å². The van der Waals surface area contributed by atoms with E-state index < -0.39 is 5.60 Å². The van der Waals surface area contributed by atoms with Crippen molar-refractivity contribution in [3.8, 4) is 0 Å². The van der Waals surface area contributed by atoms with Crippen LogP contribution in [0.4, 0.5) is 0 Å². The zero-order valence-corrected chi connectivity index (χ0v) is 9.77. The summed E-state index contributed by atoms with van der Waals surface area (Å²) in [6.07, 6.45) is 1.95. The molecule has 2 saturated heterocycles. The lowest BCUT2D eigenvalue weighted by Gasteiger charge is -2.48. The van der Waals surface area contributed by atoms with Gasteiger partial charge in [0.15, 0.2) is 0 Å². The number of hydrogen-bond acceptors (Lipinski definition) is 4. The number of aliphatic hydroxyl groups is 1. The molecule has 16 heavy (non-hydrogen) atoms. The van der Waals surface area contributed by atoms with Crippen molar-refractivity contribution in [3.63, 3.8) is 0 Å². The molecule has 2 aliphatic rings. The third kappa shape index (κ3) is 1.74. The molecule has 0 bridgehead atoms. The molecule has 5 nitrogen and oxygen atoms in total. The van der Waals surface area contributed by atoms with Crippen molar-refractivity contribution in [2.45, 2.75) is 37.8 Å². The first-order chi connectivity index (χ1) is 7.47. The Hall–Kier alpha value is -0.940. The second-order valence-corrected chi connectivity index (χ2v) is 4.89. The van der Waals surface area contributed by atoms with Crippen LogP contribution in [0.1, 0.15) is 26.2 Å². The fraction of sp³-hybridized carbons (Fsp3) is 0.818. The molecular formula is C11H18N2O3. The van der Waals surface area contributed by atoms with Gasteiger partial charge in [0, 0.05) is 20.1 Å². The molecule has 1 N–H and O–H groups in total. The van der Waals surface area contributed by atoms with Crippen LogP contribution in [-0.2, 0) is 9.59 Å². The molecule has 1 atom stereocenters. The highest BCUT2D eigenvalue weighted by Gasteiger charge is 2.49. The maximum absolute atomic E-state index is 11.7. The highest BCUT2D eigenvalue weighted by atomic mass is 16.3. The lowest BCUT2D eigenvalue weighted by Crippen LogP contribution is -2.65. The Labute approximate surface area is 95.0 Å². The van der Waals surface area contributed by atoms with E-state index in [2.05, 4.69) is 0 Å². The van der Waals surface area contributed by atoms with E-state index in [0.29, 0.717) is 13.1 Å². The van der Waals surface area contributed by atoms with Crippen molar-refractivity contribution in [3.05, 3.63) is 0 Å². The number of likely N-dealkylation sites (N-methyl/N-ethyl adjacent to an activating group) is 1. The predicted octanol–water partition coefficient (Wildman–Crippen LogP) is -0.409. The van der Waals surface area contributed by atoms with Crippen molar-refractivity contribution < 1.29 is 14.7 Å². The summed E-state index contributed by atoms with van der Waals surface area (Å²) >= 11 is 0. The van der Waals surface area contributed by atoms with E-state index in [9.17, 15) is 14.7 Å². The first kappa shape index (κ1) is 11.5. The van der Waals surface area contributed by atoms with Gasteiger partial charge in [0.2, 0.25) is 11.8 Å². The summed E-state index contributed by atoms with van der Waals surface area (Å²) in [5, 5.41) is 10.0. The van der Waals surface area contributed by atoms with Crippen molar-refractivity contribution in [2.75, 3.05) is 20.1 Å². The van der Waals surface area contributed by atoms with E-state index in [1.54, 1.807) is 0 Å². The average molecular weight is 226 g/mol. The molecule has 1 unspecified atom stereocenters. The molecule has 0 saturated carbocycles. The minimum absolute atomic E-state index is 0.124. The smallest absolute Gasteiger partial charge is 0.246 e. The van der Waals surface area contributed by atoms with Gasteiger partial charge in [0.05, 0.1) is 18.1 Å². The number of nitrogens with zero attached hydrogens (tertiary/aromatic N) is 2. The van der Waals surface area contributed by atoms with Gasteiger partial charge in [-0.3, -0.25) is 19.4 Å². The summed E-state index contributed by atoms with van der Waals surface area (Å²) in [6, 6.07) is -0.338. The zero-order valence-electron chi connectivity index (χ0n) is 9.77. The normalized spacial score (nSPS) is 29.7. The number of β-amino-alcohol motifs (C(OH)–C–C–N with tert-alkyl or cyclic N) is 1. The molecule has 2 rings (SSSR count). The van der Waals surface area contributed by atoms with Crippen LogP contribution in [0.5, 0.6) is 0 Å². The van der Waals surface area contributed by atoms with Crippen LogP contribution in [0.25, 0.3) is 0 Å². The minimum atomic E-state index is -0.640. The Morgan fingerprint density at radius 2 is 2.06 bits per heavy atom. The van der Waals surface area contributed by atoms with Gasteiger partial charge in [0.1, 0.15) is 0 Å². The number of imide groups is 1. The second-order valence-electron chi connectivity index (χ2n) is 4.89. The molecule has 0 aromatic heterocycles. The third-order valence-corrected chi connectivity index (χ3v) is 3.51. The SMILES string of the molecule is CCCC1(O)CN(C2CC(=O)N(C)C2=O)C1. The molecule has 2 aliphatic heterocycles. The lowest BCUT2D eigenvalue weighted by molar-refractivity contribution is -0.146. The van der Waals surface area contributed by atoms with Crippen molar-refractivity contribution >= 4 is 11.8 Å². The van der Waals surface area contributed by atoms with Crippen molar-refractivity contribution in [1.82, 2.24) is 9.80 Å². The van der Waals surface area contributed by atoms with Crippen LogP contribution in [0.15, 0.2) is 0 Å². The summed E-state index contributed by atoms with van der Waals surface area (Å²) in [4.78, 5) is 26.1. The van der Waals surface area contributed by atoms with Gasteiger partial charge in [-0.1, -0.05) is 13.3 Å². The minimum Gasteiger partial charge on any atom is -0.387 e. The molecule has 5 heteroatoms. The topological polar surface area (TPSA) is 60.9 Å². The highest BCUT2D eigenvalue weighted by molar-refractivity contribution is 6.05. The molecule has 90 valence electrons. The number of likely N-dealkylation sites (tertiary alicyclic amines) is 2. The quantitative estimate of drug-likeness (QED) is 0.665. The van der Waals surface area contributed by atoms with Gasteiger partial charge in [0.25, 0.3) is 0 Å². The Morgan fingerprint density at radius 3 is 2.50 bits per heavy atom. The predicted molar refractivity (Wildman–Crippen MR) is 57.6 cm³/mol. The van der Waals surface area contributed by atoms with Gasteiger partial charge in [-0.25, -0.2) is 0 Å². The second kappa shape index (κ2) is 3.82. The highest BCUT2D eigenvalue weighted by Crippen LogP contribution is 2.31. The van der Waals surface area contributed by atoms with Gasteiger partial charge in [-0.2, -0.15) is 0 Å². The first-order valence-electron chi connectivity index (χ1n) is 5.74. The summed E-state index contributed by atoms with van der Waals surface area (Å²) in [5.74, 6) is -0.260. The molecule has 0 spiro atoms. The van der Waals surface area contributed by atoms with E-state index in [-0.39, 0.29) is 24.3 Å². The molecule has 0 aromatic rings. The fourth-order valence-electron chi connectivity index (χ4n) is 2.57. The number of hydrogen-bond donors (Lipinski definition) is 1. The van der Waals surface area contributed by atoms with E-state index >= 15 is 0 Å². The van der Waals surface area contributed by atoms with Crippen LogP contribution in [0.2, 0.25) is 0 Å². The molecule has 2 amide bonds. The molecule has 0 aliphatic carbocycles. The fourth-order valence-corrected chi connectivity index (χ4v) is 2.57. The first-order valence-corrected chi connectivity index (χ1v) is 5.74. The Kier molecular flexibility index (Phi) is 2.75. The summed E-state index contributed by atoms with van der Waals surface area (Å²) in [5.41, 5.74) is -0.640.